The van der Waals surface area contributed by atoms with E-state index in [-0.39, 0.29) is 33.8 Å². The van der Waals surface area contributed by atoms with Gasteiger partial charge in [-0.2, -0.15) is 0 Å². The Morgan fingerprint density at radius 2 is 1.48 bits per heavy atom. The van der Waals surface area contributed by atoms with Gasteiger partial charge in [0.2, 0.25) is 12.0 Å². The van der Waals surface area contributed by atoms with E-state index in [0.717, 1.165) is 18.2 Å². The van der Waals surface area contributed by atoms with Gasteiger partial charge in [0, 0.05) is 24.3 Å². The molecule has 0 spiro atoms. The van der Waals surface area contributed by atoms with Crippen LogP contribution < -0.4 is 4.74 Å². The van der Waals surface area contributed by atoms with Crippen molar-refractivity contribution in [2.24, 2.45) is 0 Å². The van der Waals surface area contributed by atoms with Crippen molar-refractivity contribution in [2.75, 3.05) is 6.61 Å². The summed E-state index contributed by atoms with van der Waals surface area (Å²) < 4.78 is 16.7. The van der Waals surface area contributed by atoms with E-state index in [9.17, 15) is 46.0 Å². The molecule has 1 aliphatic rings. The second kappa shape index (κ2) is 8.42. The van der Waals surface area contributed by atoms with E-state index >= 15 is 0 Å². The number of benzene rings is 2. The highest BCUT2D eigenvalue weighted by Crippen LogP contribution is 2.44. The summed E-state index contributed by atoms with van der Waals surface area (Å²) in [6, 6.07) is 5.51. The lowest BCUT2D eigenvalue weighted by molar-refractivity contribution is -0.277. The predicted octanol–water partition coefficient (Wildman–Crippen LogP) is 0.0876. The quantitative estimate of drug-likeness (QED) is 0.185. The predicted molar refractivity (Wildman–Crippen MR) is 109 cm³/mol. The van der Waals surface area contributed by atoms with E-state index in [4.69, 9.17) is 13.9 Å². The molecule has 0 amide bonds. The van der Waals surface area contributed by atoms with Crippen LogP contribution in [0.15, 0.2) is 34.7 Å². The van der Waals surface area contributed by atoms with Gasteiger partial charge in [0.1, 0.15) is 41.3 Å². The second-order valence-corrected chi connectivity index (χ2v) is 7.49. The lowest BCUT2D eigenvalue weighted by Crippen LogP contribution is -2.60. The van der Waals surface area contributed by atoms with Crippen molar-refractivity contribution in [3.05, 3.63) is 30.3 Å². The molecule has 2 aromatic carbocycles. The van der Waals surface area contributed by atoms with E-state index in [1.807, 2.05) is 0 Å². The Kier molecular flexibility index (Phi) is 5.78. The van der Waals surface area contributed by atoms with Gasteiger partial charge in [0.25, 0.3) is 0 Å². The summed E-state index contributed by atoms with van der Waals surface area (Å²) >= 11 is 0. The van der Waals surface area contributed by atoms with E-state index in [1.54, 1.807) is 0 Å². The van der Waals surface area contributed by atoms with Crippen LogP contribution >= 0.6 is 0 Å². The van der Waals surface area contributed by atoms with Gasteiger partial charge in [-0.25, -0.2) is 4.42 Å². The molecule has 5 atom stereocenters. The summed E-state index contributed by atoms with van der Waals surface area (Å²) in [5.41, 5.74) is -0.0529. The third kappa shape index (κ3) is 4.01. The van der Waals surface area contributed by atoms with Crippen LogP contribution in [0.2, 0.25) is 0 Å². The zero-order valence-corrected chi connectivity index (χ0v) is 16.7. The number of aliphatic hydroxyl groups is 4. The Morgan fingerprint density at radius 1 is 0.818 bits per heavy atom. The van der Waals surface area contributed by atoms with Crippen LogP contribution in [-0.4, -0.2) is 83.3 Å². The topological polar surface area (TPSA) is 212 Å². The average Bonchev–Trinajstić information content (AvgIpc) is 2.77. The van der Waals surface area contributed by atoms with Crippen molar-refractivity contribution < 1.29 is 59.8 Å². The van der Waals surface area contributed by atoms with Gasteiger partial charge in [-0.05, 0) is 0 Å². The van der Waals surface area contributed by atoms with E-state index in [1.165, 1.54) is 12.1 Å². The Balaban J connectivity index is 1.86. The molecule has 1 saturated heterocycles. The number of hydrogen-bond acceptors (Lipinski definition) is 11. The summed E-state index contributed by atoms with van der Waals surface area (Å²) in [7, 11) is 0. The maximum absolute atomic E-state index is 10.3. The van der Waals surface area contributed by atoms with Crippen LogP contribution in [0, 0.1) is 0 Å². The number of aliphatic hydroxyl groups excluding tert-OH is 4. The van der Waals surface area contributed by atoms with Crippen LogP contribution in [-0.2, 0) is 4.74 Å². The number of rotatable bonds is 4. The van der Waals surface area contributed by atoms with Crippen molar-refractivity contribution in [3.8, 4) is 45.8 Å². The third-order valence-corrected chi connectivity index (χ3v) is 5.24. The number of fused-ring (bicyclic) bond motifs is 1. The zero-order chi connectivity index (χ0) is 24.0. The maximum Gasteiger partial charge on any atom is 0.402 e. The first kappa shape index (κ1) is 22.6. The van der Waals surface area contributed by atoms with Crippen LogP contribution in [0.3, 0.4) is 0 Å². The minimum Gasteiger partial charge on any atom is -0.507 e. The molecule has 0 bridgehead atoms. The molecule has 0 aliphatic carbocycles. The molecule has 12 heteroatoms. The highest BCUT2D eigenvalue weighted by atomic mass is 16.7. The van der Waals surface area contributed by atoms with Crippen LogP contribution in [0.4, 0.5) is 0 Å². The molecule has 1 fully saturated rings. The molecule has 9 N–H and O–H groups in total. The van der Waals surface area contributed by atoms with Gasteiger partial charge >= 0.3 is 11.3 Å². The van der Waals surface area contributed by atoms with Crippen molar-refractivity contribution >= 4 is 11.0 Å². The highest BCUT2D eigenvalue weighted by molar-refractivity contribution is 5.88. The van der Waals surface area contributed by atoms with Gasteiger partial charge in [0.15, 0.2) is 17.2 Å². The number of phenols is 5. The smallest absolute Gasteiger partial charge is 0.402 e. The summed E-state index contributed by atoms with van der Waals surface area (Å²) in [5.74, 6) is -3.32. The molecule has 4 rings (SSSR count). The van der Waals surface area contributed by atoms with Crippen molar-refractivity contribution in [3.63, 3.8) is 0 Å². The normalized spacial score (nSPS) is 25.3. The first-order chi connectivity index (χ1) is 15.6. The number of hydrogen-bond donors (Lipinski definition) is 9. The minimum absolute atomic E-state index is 0.0212. The van der Waals surface area contributed by atoms with E-state index in [2.05, 4.69) is 0 Å². The van der Waals surface area contributed by atoms with E-state index < -0.39 is 60.3 Å². The molecule has 2 heterocycles. The van der Waals surface area contributed by atoms with Gasteiger partial charge in [-0.1, -0.05) is 0 Å². The molecule has 176 valence electrons. The molecule has 33 heavy (non-hydrogen) atoms. The fourth-order valence-corrected chi connectivity index (χ4v) is 3.50. The van der Waals surface area contributed by atoms with E-state index in [0.29, 0.717) is 0 Å². The summed E-state index contributed by atoms with van der Waals surface area (Å²) in [6.07, 6.45) is -7.99. The standard InChI is InChI=1S/C21H20O12/c22-6-15-17(28)18(29)19(30)21(33-15)32-14-5-9-10(24)3-8(23)4-13(9)31-20(14)7-1-11(25)16(27)12(26)2-7/h1-5,15,17-19,21-22,28-30H,6H2,(H4-,23,24,25,26,27)/p+1/t15?,17-,18+,19?,21-/m1/s1. The molecular formula is C21H21O12+. The number of ether oxygens (including phenoxy) is 2. The lowest BCUT2D eigenvalue weighted by Gasteiger charge is -2.39. The van der Waals surface area contributed by atoms with Gasteiger partial charge in [-0.15, -0.1) is 0 Å². The third-order valence-electron chi connectivity index (χ3n) is 5.24. The molecule has 1 aromatic heterocycles. The van der Waals surface area contributed by atoms with Gasteiger partial charge in [0.05, 0.1) is 18.2 Å². The van der Waals surface area contributed by atoms with Crippen LogP contribution in [0.5, 0.6) is 34.5 Å². The lowest BCUT2D eigenvalue weighted by atomic mass is 9.99. The van der Waals surface area contributed by atoms with Gasteiger partial charge in [-0.3, -0.25) is 0 Å². The summed E-state index contributed by atoms with van der Waals surface area (Å²) in [5, 5.41) is 89.2. The molecule has 3 aromatic rings. The Bertz CT molecular complexity index is 1170. The molecule has 1 aliphatic heterocycles. The van der Waals surface area contributed by atoms with Crippen LogP contribution in [0.25, 0.3) is 22.3 Å². The molecule has 2 unspecified atom stereocenters. The van der Waals surface area contributed by atoms with Crippen molar-refractivity contribution in [2.45, 2.75) is 30.7 Å². The Morgan fingerprint density at radius 3 is 2.12 bits per heavy atom. The molecule has 0 saturated carbocycles. The summed E-state index contributed by atoms with van der Waals surface area (Å²) in [4.78, 5) is 0. The Hall–Kier alpha value is -3.55. The molecule has 0 radical (unpaired) electrons. The average molecular weight is 465 g/mol. The SMILES string of the molecule is OCC1O[C@@H](Oc2cc3c(O)cc(O)cc3[o+]c2-c2cc(O)c(O)c(O)c2)C(O)[C@@H](O)[C@@H]1O. The van der Waals surface area contributed by atoms with Crippen LogP contribution in [0.1, 0.15) is 0 Å². The number of aromatic hydroxyl groups is 5. The monoisotopic (exact) mass is 465 g/mol. The molecule has 12 nitrogen and oxygen atoms in total. The Labute approximate surface area is 185 Å². The zero-order valence-electron chi connectivity index (χ0n) is 16.7. The van der Waals surface area contributed by atoms with Gasteiger partial charge < -0.3 is 55.4 Å². The highest BCUT2D eigenvalue weighted by Gasteiger charge is 2.45. The first-order valence-electron chi connectivity index (χ1n) is 9.66. The first-order valence-corrected chi connectivity index (χ1v) is 9.66. The summed E-state index contributed by atoms with van der Waals surface area (Å²) in [6.45, 7) is -0.695. The number of phenolic OH excluding ortho intramolecular Hbond substituents is 5. The molecular weight excluding hydrogens is 444 g/mol. The fraction of sp³-hybridized carbons (Fsp3) is 0.286. The largest absolute Gasteiger partial charge is 0.507 e. The van der Waals surface area contributed by atoms with Crippen molar-refractivity contribution in [1.82, 2.24) is 0 Å². The fourth-order valence-electron chi connectivity index (χ4n) is 3.50. The second-order valence-electron chi connectivity index (χ2n) is 7.49. The maximum atomic E-state index is 10.3. The van der Waals surface area contributed by atoms with Crippen molar-refractivity contribution in [1.29, 1.82) is 0 Å². The minimum atomic E-state index is -1.76.